The zero-order valence-electron chi connectivity index (χ0n) is 6.78. The molecule has 0 fully saturated rings. The third-order valence-electron chi connectivity index (χ3n) is 1.60. The van der Waals surface area contributed by atoms with E-state index in [0.29, 0.717) is 0 Å². The standard InChI is InChI=1S/C8H10N2OS/c1-6-5-10-12-7-3-2-4-9-8(7)11-6/h2-4,6,10H,5H2,1H3/t6-/m0/s1. The number of aromatic nitrogens is 1. The lowest BCUT2D eigenvalue weighted by Crippen LogP contribution is -2.22. The van der Waals surface area contributed by atoms with E-state index in [-0.39, 0.29) is 6.10 Å². The third-order valence-corrected chi connectivity index (χ3v) is 2.44. The van der Waals surface area contributed by atoms with Crippen LogP contribution in [0.15, 0.2) is 23.2 Å². The first-order chi connectivity index (χ1) is 5.86. The number of hydrogen-bond acceptors (Lipinski definition) is 4. The number of nitrogens with zero attached hydrogens (tertiary/aromatic N) is 1. The predicted molar refractivity (Wildman–Crippen MR) is 48.2 cm³/mol. The second kappa shape index (κ2) is 3.33. The van der Waals surface area contributed by atoms with Gasteiger partial charge in [0.2, 0.25) is 5.88 Å². The molecule has 4 heteroatoms. The van der Waals surface area contributed by atoms with Gasteiger partial charge in [-0.2, -0.15) is 0 Å². The maximum Gasteiger partial charge on any atom is 0.228 e. The molecule has 0 aliphatic carbocycles. The highest BCUT2D eigenvalue weighted by Crippen LogP contribution is 2.27. The van der Waals surface area contributed by atoms with Crippen LogP contribution in [0.3, 0.4) is 0 Å². The van der Waals surface area contributed by atoms with Crippen molar-refractivity contribution in [1.29, 1.82) is 0 Å². The van der Waals surface area contributed by atoms with Crippen LogP contribution in [0.25, 0.3) is 0 Å². The highest BCUT2D eigenvalue weighted by Gasteiger charge is 2.13. The van der Waals surface area contributed by atoms with E-state index in [1.165, 1.54) is 0 Å². The Bertz CT molecular complexity index is 280. The lowest BCUT2D eigenvalue weighted by Gasteiger charge is -2.09. The minimum atomic E-state index is 0.189. The van der Waals surface area contributed by atoms with E-state index in [2.05, 4.69) is 9.71 Å². The van der Waals surface area contributed by atoms with E-state index in [0.717, 1.165) is 17.3 Å². The lowest BCUT2D eigenvalue weighted by molar-refractivity contribution is 0.215. The molecule has 2 heterocycles. The second-order valence-electron chi connectivity index (χ2n) is 2.69. The largest absolute Gasteiger partial charge is 0.472 e. The SMILES string of the molecule is C[C@H]1CNSc2cccnc2O1. The van der Waals surface area contributed by atoms with Crippen molar-refractivity contribution in [1.82, 2.24) is 9.71 Å². The fourth-order valence-electron chi connectivity index (χ4n) is 1.01. The van der Waals surface area contributed by atoms with Crippen molar-refractivity contribution in [3.63, 3.8) is 0 Å². The van der Waals surface area contributed by atoms with Gasteiger partial charge in [0, 0.05) is 12.7 Å². The summed E-state index contributed by atoms with van der Waals surface area (Å²) in [7, 11) is 0. The van der Waals surface area contributed by atoms with Gasteiger partial charge >= 0.3 is 0 Å². The smallest absolute Gasteiger partial charge is 0.228 e. The van der Waals surface area contributed by atoms with Crippen molar-refractivity contribution >= 4 is 11.9 Å². The molecule has 0 spiro atoms. The quantitative estimate of drug-likeness (QED) is 0.616. The van der Waals surface area contributed by atoms with Crippen molar-refractivity contribution in [2.75, 3.05) is 6.54 Å². The minimum Gasteiger partial charge on any atom is -0.472 e. The topological polar surface area (TPSA) is 34.2 Å². The molecule has 0 aromatic carbocycles. The van der Waals surface area contributed by atoms with Crippen molar-refractivity contribution in [3.05, 3.63) is 18.3 Å². The molecule has 0 bridgehead atoms. The molecule has 12 heavy (non-hydrogen) atoms. The van der Waals surface area contributed by atoms with Crippen LogP contribution in [0.4, 0.5) is 0 Å². The summed E-state index contributed by atoms with van der Waals surface area (Å²) in [5, 5.41) is 0. The Morgan fingerprint density at radius 2 is 2.67 bits per heavy atom. The summed E-state index contributed by atoms with van der Waals surface area (Å²) in [6.45, 7) is 2.87. The van der Waals surface area contributed by atoms with Gasteiger partial charge < -0.3 is 4.74 Å². The van der Waals surface area contributed by atoms with Gasteiger partial charge in [0.1, 0.15) is 6.10 Å². The summed E-state index contributed by atoms with van der Waals surface area (Å²) in [4.78, 5) is 5.20. The number of rotatable bonds is 0. The number of ether oxygens (including phenoxy) is 1. The number of pyridine rings is 1. The fourth-order valence-corrected chi connectivity index (χ4v) is 1.82. The maximum absolute atomic E-state index is 5.56. The molecule has 1 aliphatic heterocycles. The summed E-state index contributed by atoms with van der Waals surface area (Å²) in [5.41, 5.74) is 0. The molecule has 0 amide bonds. The molecule has 2 rings (SSSR count). The Hall–Kier alpha value is -0.740. The first kappa shape index (κ1) is 7.89. The molecule has 1 N–H and O–H groups in total. The van der Waals surface area contributed by atoms with Gasteiger partial charge in [0.15, 0.2) is 0 Å². The molecular formula is C8H10N2OS. The van der Waals surface area contributed by atoms with Gasteiger partial charge in [0.25, 0.3) is 0 Å². The average Bonchev–Trinajstić information content (AvgIpc) is 2.25. The van der Waals surface area contributed by atoms with Crippen molar-refractivity contribution < 1.29 is 4.74 Å². The summed E-state index contributed by atoms with van der Waals surface area (Å²) >= 11 is 1.58. The van der Waals surface area contributed by atoms with Crippen LogP contribution >= 0.6 is 11.9 Å². The van der Waals surface area contributed by atoms with Gasteiger partial charge in [-0.1, -0.05) is 0 Å². The van der Waals surface area contributed by atoms with E-state index in [4.69, 9.17) is 4.74 Å². The zero-order chi connectivity index (χ0) is 8.39. The van der Waals surface area contributed by atoms with Crippen LogP contribution in [0, 0.1) is 0 Å². The van der Waals surface area contributed by atoms with E-state index in [9.17, 15) is 0 Å². The molecule has 1 aromatic heterocycles. The minimum absolute atomic E-state index is 0.189. The molecule has 0 unspecified atom stereocenters. The van der Waals surface area contributed by atoms with Gasteiger partial charge in [-0.15, -0.1) is 0 Å². The highest BCUT2D eigenvalue weighted by atomic mass is 32.2. The van der Waals surface area contributed by atoms with Gasteiger partial charge in [-0.3, -0.25) is 4.72 Å². The predicted octanol–water partition coefficient (Wildman–Crippen LogP) is 1.46. The Morgan fingerprint density at radius 3 is 3.58 bits per heavy atom. The van der Waals surface area contributed by atoms with Crippen LogP contribution < -0.4 is 9.46 Å². The Morgan fingerprint density at radius 1 is 1.75 bits per heavy atom. The summed E-state index contributed by atoms with van der Waals surface area (Å²) < 4.78 is 8.77. The van der Waals surface area contributed by atoms with Crippen LogP contribution in [-0.2, 0) is 0 Å². The van der Waals surface area contributed by atoms with E-state index in [1.807, 2.05) is 19.1 Å². The Kier molecular flexibility index (Phi) is 2.19. The van der Waals surface area contributed by atoms with E-state index in [1.54, 1.807) is 18.1 Å². The highest BCUT2D eigenvalue weighted by molar-refractivity contribution is 7.97. The number of nitrogens with one attached hydrogen (secondary N) is 1. The number of fused-ring (bicyclic) bond motifs is 1. The Labute approximate surface area is 75.7 Å². The molecule has 1 aromatic rings. The van der Waals surface area contributed by atoms with Crippen LogP contribution in [-0.4, -0.2) is 17.6 Å². The Balaban J connectivity index is 2.31. The van der Waals surface area contributed by atoms with Gasteiger partial charge in [0.05, 0.1) is 4.90 Å². The van der Waals surface area contributed by atoms with Crippen molar-refractivity contribution in [2.24, 2.45) is 0 Å². The molecule has 64 valence electrons. The van der Waals surface area contributed by atoms with Crippen molar-refractivity contribution in [3.8, 4) is 5.88 Å². The molecule has 0 radical (unpaired) electrons. The normalized spacial score (nSPS) is 22.2. The zero-order valence-corrected chi connectivity index (χ0v) is 7.60. The monoisotopic (exact) mass is 182 g/mol. The molecular weight excluding hydrogens is 172 g/mol. The lowest BCUT2D eigenvalue weighted by atomic mass is 10.4. The fraction of sp³-hybridized carbons (Fsp3) is 0.375. The molecule has 0 saturated carbocycles. The van der Waals surface area contributed by atoms with Crippen LogP contribution in [0.2, 0.25) is 0 Å². The van der Waals surface area contributed by atoms with Gasteiger partial charge in [-0.25, -0.2) is 4.98 Å². The van der Waals surface area contributed by atoms with Crippen LogP contribution in [0.5, 0.6) is 5.88 Å². The first-order valence-corrected chi connectivity index (χ1v) is 4.69. The molecule has 0 saturated heterocycles. The summed E-state index contributed by atoms with van der Waals surface area (Å²) in [6.07, 6.45) is 1.94. The number of hydrogen-bond donors (Lipinski definition) is 1. The molecule has 1 aliphatic rings. The second-order valence-corrected chi connectivity index (χ2v) is 3.62. The maximum atomic E-state index is 5.56. The summed E-state index contributed by atoms with van der Waals surface area (Å²) in [5.74, 6) is 0.736. The first-order valence-electron chi connectivity index (χ1n) is 3.87. The van der Waals surface area contributed by atoms with Crippen molar-refractivity contribution in [2.45, 2.75) is 17.9 Å². The third kappa shape index (κ3) is 1.54. The van der Waals surface area contributed by atoms with Gasteiger partial charge in [-0.05, 0) is 31.0 Å². The van der Waals surface area contributed by atoms with Crippen LogP contribution in [0.1, 0.15) is 6.92 Å². The van der Waals surface area contributed by atoms with E-state index < -0.39 is 0 Å². The van der Waals surface area contributed by atoms with E-state index >= 15 is 0 Å². The molecule has 3 nitrogen and oxygen atoms in total. The molecule has 1 atom stereocenters. The summed E-state index contributed by atoms with van der Waals surface area (Å²) in [6, 6.07) is 3.91. The average molecular weight is 182 g/mol.